The fourth-order valence-corrected chi connectivity index (χ4v) is 5.48. The predicted octanol–water partition coefficient (Wildman–Crippen LogP) is 11.8. The van der Waals surface area contributed by atoms with Gasteiger partial charge in [0.15, 0.2) is 0 Å². The van der Waals surface area contributed by atoms with Gasteiger partial charge in [0.1, 0.15) is 0 Å². The van der Waals surface area contributed by atoms with Crippen LogP contribution in [-0.4, -0.2) is 22.2 Å². The van der Waals surface area contributed by atoms with Gasteiger partial charge >= 0.3 is 11.9 Å². The fraction of sp³-hybridized carbons (Fsp3) is 0.833. The van der Waals surface area contributed by atoms with Crippen molar-refractivity contribution in [2.24, 2.45) is 5.92 Å². The highest BCUT2D eigenvalue weighted by molar-refractivity contribution is 5.66. The Bertz CT molecular complexity index is 610. The standard InChI is InChI=1S/C36H66O4/c1-2-3-4-5-6-7-13-16-19-22-25-29-34(31-28-33-36(39)40)30-26-23-20-17-14-11-9-8-10-12-15-18-21-24-27-32-35(37)38/h8,10,16,19,34H,2-7,9,11-15,17-18,20-33H2,1H3,(H,37,38)(H,39,40). The lowest BCUT2D eigenvalue weighted by molar-refractivity contribution is -0.138. The van der Waals surface area contributed by atoms with Crippen molar-refractivity contribution in [1.82, 2.24) is 0 Å². The molecule has 234 valence electrons. The molecular weight excluding hydrogens is 496 g/mol. The third-order valence-electron chi connectivity index (χ3n) is 8.04. The van der Waals surface area contributed by atoms with Gasteiger partial charge in [-0.2, -0.15) is 0 Å². The van der Waals surface area contributed by atoms with Crippen LogP contribution >= 0.6 is 0 Å². The Kier molecular flexibility index (Phi) is 30.7. The zero-order chi connectivity index (χ0) is 29.4. The minimum atomic E-state index is -0.676. The third kappa shape index (κ3) is 32.6. The van der Waals surface area contributed by atoms with Gasteiger partial charge < -0.3 is 10.2 Å². The molecule has 0 aromatic rings. The van der Waals surface area contributed by atoms with Crippen molar-refractivity contribution >= 4 is 11.9 Å². The van der Waals surface area contributed by atoms with Gasteiger partial charge in [-0.05, 0) is 76.5 Å². The largest absolute Gasteiger partial charge is 0.481 e. The molecule has 0 heterocycles. The highest BCUT2D eigenvalue weighted by atomic mass is 16.4. The molecule has 4 nitrogen and oxygen atoms in total. The molecule has 0 amide bonds. The molecule has 4 heteroatoms. The van der Waals surface area contributed by atoms with E-state index in [2.05, 4.69) is 31.2 Å². The Labute approximate surface area is 248 Å². The summed E-state index contributed by atoms with van der Waals surface area (Å²) < 4.78 is 0. The summed E-state index contributed by atoms with van der Waals surface area (Å²) in [6.07, 6.45) is 42.0. The van der Waals surface area contributed by atoms with Crippen LogP contribution in [0.3, 0.4) is 0 Å². The number of carboxylic acids is 2. The lowest BCUT2D eigenvalue weighted by Crippen LogP contribution is -2.03. The molecule has 0 saturated heterocycles. The van der Waals surface area contributed by atoms with Crippen molar-refractivity contribution in [2.75, 3.05) is 0 Å². The van der Waals surface area contributed by atoms with E-state index in [1.54, 1.807) is 0 Å². The predicted molar refractivity (Wildman–Crippen MR) is 172 cm³/mol. The molecule has 0 saturated carbocycles. The van der Waals surface area contributed by atoms with Crippen LogP contribution < -0.4 is 0 Å². The molecule has 2 N–H and O–H groups in total. The SMILES string of the molecule is CCCCCCCCC=CCCCC(CCCCCCCCC=CCCCCCCCC(=O)O)CCCC(=O)O. The van der Waals surface area contributed by atoms with Gasteiger partial charge in [-0.3, -0.25) is 9.59 Å². The summed E-state index contributed by atoms with van der Waals surface area (Å²) in [7, 11) is 0. The second-order valence-electron chi connectivity index (χ2n) is 12.0. The highest BCUT2D eigenvalue weighted by Gasteiger charge is 2.09. The zero-order valence-electron chi connectivity index (χ0n) is 26.4. The first-order valence-corrected chi connectivity index (χ1v) is 17.3. The summed E-state index contributed by atoms with van der Waals surface area (Å²) >= 11 is 0. The maximum Gasteiger partial charge on any atom is 0.303 e. The van der Waals surface area contributed by atoms with Gasteiger partial charge in [0, 0.05) is 12.8 Å². The van der Waals surface area contributed by atoms with Crippen molar-refractivity contribution in [3.05, 3.63) is 24.3 Å². The molecule has 0 aliphatic carbocycles. The second kappa shape index (κ2) is 31.9. The Balaban J connectivity index is 3.74. The topological polar surface area (TPSA) is 74.6 Å². The van der Waals surface area contributed by atoms with E-state index < -0.39 is 11.9 Å². The van der Waals surface area contributed by atoms with Crippen LogP contribution in [0.2, 0.25) is 0 Å². The molecular formula is C36H66O4. The molecule has 1 atom stereocenters. The highest BCUT2D eigenvalue weighted by Crippen LogP contribution is 2.23. The third-order valence-corrected chi connectivity index (χ3v) is 8.04. The molecule has 0 spiro atoms. The van der Waals surface area contributed by atoms with Crippen LogP contribution in [0.5, 0.6) is 0 Å². The normalized spacial score (nSPS) is 12.5. The molecule has 0 aromatic heterocycles. The van der Waals surface area contributed by atoms with Gasteiger partial charge in [0.05, 0.1) is 0 Å². The minimum Gasteiger partial charge on any atom is -0.481 e. The van der Waals surface area contributed by atoms with Crippen LogP contribution in [0.4, 0.5) is 0 Å². The maximum atomic E-state index is 10.9. The van der Waals surface area contributed by atoms with Crippen LogP contribution in [0.15, 0.2) is 24.3 Å². The van der Waals surface area contributed by atoms with E-state index in [0.29, 0.717) is 18.8 Å². The Morgan fingerprint density at radius 2 is 0.800 bits per heavy atom. The minimum absolute atomic E-state index is 0.312. The Morgan fingerprint density at radius 3 is 1.30 bits per heavy atom. The van der Waals surface area contributed by atoms with E-state index in [1.807, 2.05) is 0 Å². The molecule has 0 fully saturated rings. The van der Waals surface area contributed by atoms with Crippen LogP contribution in [0.1, 0.15) is 187 Å². The maximum absolute atomic E-state index is 10.9. The summed E-state index contributed by atoms with van der Waals surface area (Å²) in [6.45, 7) is 2.27. The van der Waals surface area contributed by atoms with Crippen molar-refractivity contribution in [1.29, 1.82) is 0 Å². The number of carbonyl (C=O) groups is 2. The zero-order valence-corrected chi connectivity index (χ0v) is 26.4. The van der Waals surface area contributed by atoms with E-state index in [9.17, 15) is 9.59 Å². The molecule has 0 rings (SSSR count). The van der Waals surface area contributed by atoms with E-state index in [4.69, 9.17) is 10.2 Å². The van der Waals surface area contributed by atoms with Gasteiger partial charge in [0.2, 0.25) is 0 Å². The summed E-state index contributed by atoms with van der Waals surface area (Å²) in [4.78, 5) is 21.4. The second-order valence-corrected chi connectivity index (χ2v) is 12.0. The number of rotatable bonds is 32. The van der Waals surface area contributed by atoms with E-state index >= 15 is 0 Å². The first kappa shape index (κ1) is 38.4. The first-order chi connectivity index (χ1) is 19.6. The number of aliphatic carboxylic acids is 2. The van der Waals surface area contributed by atoms with Gasteiger partial charge in [-0.25, -0.2) is 0 Å². The molecule has 40 heavy (non-hydrogen) atoms. The number of unbranched alkanes of at least 4 members (excludes halogenated alkanes) is 18. The number of hydrogen-bond acceptors (Lipinski definition) is 2. The van der Waals surface area contributed by atoms with Crippen LogP contribution in [-0.2, 0) is 9.59 Å². The quantitative estimate of drug-likeness (QED) is 0.0631. The van der Waals surface area contributed by atoms with E-state index in [-0.39, 0.29) is 0 Å². The lowest BCUT2D eigenvalue weighted by Gasteiger charge is -2.16. The average molecular weight is 563 g/mol. The number of carboxylic acid groups (broad SMARTS) is 2. The monoisotopic (exact) mass is 562 g/mol. The molecule has 0 aromatic carbocycles. The summed E-state index contributed by atoms with van der Waals surface area (Å²) in [5.41, 5.74) is 0. The van der Waals surface area contributed by atoms with Gasteiger partial charge in [-0.1, -0.05) is 128 Å². The van der Waals surface area contributed by atoms with E-state index in [1.165, 1.54) is 128 Å². The van der Waals surface area contributed by atoms with E-state index in [0.717, 1.165) is 38.5 Å². The van der Waals surface area contributed by atoms with Crippen molar-refractivity contribution in [2.45, 2.75) is 187 Å². The van der Waals surface area contributed by atoms with Gasteiger partial charge in [-0.15, -0.1) is 0 Å². The van der Waals surface area contributed by atoms with Crippen LogP contribution in [0, 0.1) is 5.92 Å². The smallest absolute Gasteiger partial charge is 0.303 e. The van der Waals surface area contributed by atoms with Crippen molar-refractivity contribution < 1.29 is 19.8 Å². The fourth-order valence-electron chi connectivity index (χ4n) is 5.48. The summed E-state index contributed by atoms with van der Waals surface area (Å²) in [5, 5.41) is 17.7. The van der Waals surface area contributed by atoms with Crippen LogP contribution in [0.25, 0.3) is 0 Å². The number of allylic oxidation sites excluding steroid dienone is 4. The summed E-state index contributed by atoms with van der Waals surface area (Å²) in [5.74, 6) is -0.637. The Hall–Kier alpha value is -1.58. The van der Waals surface area contributed by atoms with Gasteiger partial charge in [0.25, 0.3) is 0 Å². The summed E-state index contributed by atoms with van der Waals surface area (Å²) in [6, 6.07) is 0. The Morgan fingerprint density at radius 1 is 0.450 bits per heavy atom. The van der Waals surface area contributed by atoms with Crippen molar-refractivity contribution in [3.8, 4) is 0 Å². The molecule has 0 aliphatic rings. The molecule has 0 radical (unpaired) electrons. The lowest BCUT2D eigenvalue weighted by atomic mass is 9.90. The molecule has 0 aliphatic heterocycles. The molecule has 1 unspecified atom stereocenters. The average Bonchev–Trinajstić information content (AvgIpc) is 2.92. The molecule has 0 bridgehead atoms. The first-order valence-electron chi connectivity index (χ1n) is 17.3. The van der Waals surface area contributed by atoms with Crippen molar-refractivity contribution in [3.63, 3.8) is 0 Å². The number of hydrogen-bond donors (Lipinski definition) is 2.